The molecule has 116 valence electrons. The summed E-state index contributed by atoms with van der Waals surface area (Å²) in [5.74, 6) is 0. The Bertz CT molecular complexity index is 358. The van der Waals surface area contributed by atoms with Gasteiger partial charge in [0.15, 0.2) is 24.4 Å². The Morgan fingerprint density at radius 3 is 1.57 bits per heavy atom. The molecule has 2 atom stereocenters. The van der Waals surface area contributed by atoms with Crippen LogP contribution in [0.15, 0.2) is 25.3 Å². The molecule has 0 N–H and O–H groups in total. The first kappa shape index (κ1) is 18.8. The summed E-state index contributed by atoms with van der Waals surface area (Å²) in [6.45, 7) is 11.5. The van der Waals surface area contributed by atoms with Gasteiger partial charge in [0, 0.05) is 12.8 Å². The molecule has 2 unspecified atom stereocenters. The van der Waals surface area contributed by atoms with Crippen molar-refractivity contribution in [2.45, 2.75) is 39.3 Å². The monoisotopic (exact) mass is 294 g/mol. The van der Waals surface area contributed by atoms with Crippen LogP contribution in [0, 0.1) is 24.4 Å². The quantitative estimate of drug-likeness (QED) is 0.268. The molecule has 21 heavy (non-hydrogen) atoms. The molecule has 0 aromatic heterocycles. The molecule has 0 amide bonds. The van der Waals surface area contributed by atoms with E-state index in [4.69, 9.17) is 23.7 Å². The van der Waals surface area contributed by atoms with Crippen molar-refractivity contribution >= 4 is 0 Å². The van der Waals surface area contributed by atoms with E-state index in [-0.39, 0.29) is 0 Å². The highest BCUT2D eigenvalue weighted by atomic mass is 16.8. The van der Waals surface area contributed by atoms with Crippen molar-refractivity contribution < 1.29 is 23.7 Å². The molecule has 0 radical (unpaired) electrons. The lowest BCUT2D eigenvalue weighted by Crippen LogP contribution is -2.23. The second-order valence-corrected chi connectivity index (χ2v) is 3.66. The number of hydrogen-bond acceptors (Lipinski definition) is 5. The summed E-state index contributed by atoms with van der Waals surface area (Å²) in [5.41, 5.74) is 0. The van der Waals surface area contributed by atoms with Crippen LogP contribution in [-0.2, 0) is 23.7 Å². The van der Waals surface area contributed by atoms with Crippen LogP contribution in [0.2, 0.25) is 0 Å². The van der Waals surface area contributed by atoms with Crippen LogP contribution in [0.25, 0.3) is 0 Å². The van der Waals surface area contributed by atoms with Crippen LogP contribution in [0.3, 0.4) is 0 Å². The number of ether oxygens (including phenoxy) is 5. The third-order valence-corrected chi connectivity index (χ3v) is 1.98. The Kier molecular flexibility index (Phi) is 12.7. The maximum atomic E-state index is 5.56. The third-order valence-electron chi connectivity index (χ3n) is 1.98. The standard InChI is InChI=1S/C16H22O5/c1-5-9-17-11-13-19-15(7-3)21-16(8-4)20-14-12-18-10-6-2/h5-6,15-16H,1-2,7-10H2,3-4H3. The van der Waals surface area contributed by atoms with Crippen molar-refractivity contribution in [2.24, 2.45) is 0 Å². The van der Waals surface area contributed by atoms with E-state index in [1.54, 1.807) is 12.2 Å². The lowest BCUT2D eigenvalue weighted by molar-refractivity contribution is -0.205. The van der Waals surface area contributed by atoms with Crippen LogP contribution in [0.4, 0.5) is 0 Å². The smallest absolute Gasteiger partial charge is 0.213 e. The van der Waals surface area contributed by atoms with Gasteiger partial charge >= 0.3 is 0 Å². The Morgan fingerprint density at radius 2 is 1.24 bits per heavy atom. The zero-order valence-corrected chi connectivity index (χ0v) is 12.6. The number of rotatable bonds is 10. The van der Waals surface area contributed by atoms with Gasteiger partial charge in [-0.05, 0) is 0 Å². The van der Waals surface area contributed by atoms with E-state index >= 15 is 0 Å². The SMILES string of the molecule is C=CCOC#COC(CC)OC(CC)OC#COCC=C. The largest absolute Gasteiger partial charge is 0.440 e. The fraction of sp³-hybridized carbons (Fsp3) is 0.500. The predicted molar refractivity (Wildman–Crippen MR) is 79.3 cm³/mol. The van der Waals surface area contributed by atoms with E-state index in [0.717, 1.165) is 0 Å². The fourth-order valence-electron chi connectivity index (χ4n) is 1.02. The summed E-state index contributed by atoms with van der Waals surface area (Å²) in [6.07, 6.45) is 13.0. The van der Waals surface area contributed by atoms with Crippen molar-refractivity contribution in [3.8, 4) is 24.4 Å². The predicted octanol–water partition coefficient (Wildman–Crippen LogP) is 2.75. The van der Waals surface area contributed by atoms with Gasteiger partial charge in [-0.15, -0.1) is 0 Å². The summed E-state index contributed by atoms with van der Waals surface area (Å²) < 4.78 is 25.7. The van der Waals surface area contributed by atoms with E-state index in [9.17, 15) is 0 Å². The molecule has 0 spiro atoms. The second kappa shape index (κ2) is 14.2. The topological polar surface area (TPSA) is 46.2 Å². The molecule has 0 aromatic carbocycles. The Labute approximate surface area is 126 Å². The fourth-order valence-corrected chi connectivity index (χ4v) is 1.02. The summed E-state index contributed by atoms with van der Waals surface area (Å²) in [7, 11) is 0. The van der Waals surface area contributed by atoms with Crippen LogP contribution >= 0.6 is 0 Å². The minimum atomic E-state index is -0.523. The minimum Gasteiger partial charge on any atom is -0.440 e. The van der Waals surface area contributed by atoms with E-state index < -0.39 is 12.6 Å². The van der Waals surface area contributed by atoms with Gasteiger partial charge in [0.05, 0.1) is 0 Å². The highest BCUT2D eigenvalue weighted by Crippen LogP contribution is 2.08. The van der Waals surface area contributed by atoms with Gasteiger partial charge in [-0.1, -0.05) is 39.2 Å². The maximum Gasteiger partial charge on any atom is 0.213 e. The van der Waals surface area contributed by atoms with Gasteiger partial charge in [-0.25, -0.2) is 0 Å². The lowest BCUT2D eigenvalue weighted by Gasteiger charge is -2.19. The van der Waals surface area contributed by atoms with E-state index in [0.29, 0.717) is 26.1 Å². The Morgan fingerprint density at radius 1 is 0.810 bits per heavy atom. The van der Waals surface area contributed by atoms with Gasteiger partial charge in [0.25, 0.3) is 0 Å². The van der Waals surface area contributed by atoms with E-state index in [2.05, 4.69) is 37.6 Å². The first-order valence-corrected chi connectivity index (χ1v) is 6.70. The average Bonchev–Trinajstić information content (AvgIpc) is 2.51. The highest BCUT2D eigenvalue weighted by Gasteiger charge is 2.14. The van der Waals surface area contributed by atoms with E-state index in [1.807, 2.05) is 13.8 Å². The van der Waals surface area contributed by atoms with Crippen LogP contribution in [-0.4, -0.2) is 25.8 Å². The molecule has 0 rings (SSSR count). The first-order valence-electron chi connectivity index (χ1n) is 6.70. The van der Waals surface area contributed by atoms with E-state index in [1.165, 1.54) is 0 Å². The molecule has 0 aliphatic carbocycles. The van der Waals surface area contributed by atoms with Gasteiger partial charge in [-0.3, -0.25) is 0 Å². The zero-order chi connectivity index (χ0) is 15.8. The summed E-state index contributed by atoms with van der Waals surface area (Å²) >= 11 is 0. The molecule has 0 aliphatic heterocycles. The molecule has 0 aliphatic rings. The van der Waals surface area contributed by atoms with Gasteiger partial charge < -0.3 is 23.7 Å². The molecule has 5 nitrogen and oxygen atoms in total. The molecular formula is C16H22O5. The molecule has 0 saturated carbocycles. The van der Waals surface area contributed by atoms with Gasteiger partial charge in [0.1, 0.15) is 13.2 Å². The van der Waals surface area contributed by atoms with Crippen LogP contribution in [0.1, 0.15) is 26.7 Å². The molecule has 0 fully saturated rings. The second-order valence-electron chi connectivity index (χ2n) is 3.66. The Hall–Kier alpha value is -2.24. The highest BCUT2D eigenvalue weighted by molar-refractivity contribution is 4.84. The molecule has 0 saturated heterocycles. The van der Waals surface area contributed by atoms with Crippen molar-refractivity contribution in [1.82, 2.24) is 0 Å². The van der Waals surface area contributed by atoms with Crippen LogP contribution < -0.4 is 0 Å². The molecule has 0 bridgehead atoms. The van der Waals surface area contributed by atoms with Gasteiger partial charge in [-0.2, -0.15) is 0 Å². The number of hydrogen-bond donors (Lipinski definition) is 0. The molecular weight excluding hydrogens is 272 g/mol. The van der Waals surface area contributed by atoms with Gasteiger partial charge in [0.2, 0.25) is 12.6 Å². The molecule has 0 aromatic rings. The lowest BCUT2D eigenvalue weighted by atomic mass is 10.4. The van der Waals surface area contributed by atoms with Crippen molar-refractivity contribution in [1.29, 1.82) is 0 Å². The Balaban J connectivity index is 4.13. The van der Waals surface area contributed by atoms with Crippen LogP contribution in [0.5, 0.6) is 0 Å². The van der Waals surface area contributed by atoms with Crippen molar-refractivity contribution in [3.63, 3.8) is 0 Å². The molecule has 0 heterocycles. The minimum absolute atomic E-state index is 0.342. The van der Waals surface area contributed by atoms with Crippen molar-refractivity contribution in [3.05, 3.63) is 25.3 Å². The maximum absolute atomic E-state index is 5.56. The third kappa shape index (κ3) is 11.3. The zero-order valence-electron chi connectivity index (χ0n) is 12.6. The summed E-state index contributed by atoms with van der Waals surface area (Å²) in [5, 5.41) is 0. The van der Waals surface area contributed by atoms with Crippen molar-refractivity contribution in [2.75, 3.05) is 13.2 Å². The molecule has 5 heteroatoms. The first-order chi connectivity index (χ1) is 10.3. The average molecular weight is 294 g/mol. The summed E-state index contributed by atoms with van der Waals surface area (Å²) in [4.78, 5) is 0. The summed E-state index contributed by atoms with van der Waals surface area (Å²) in [6, 6.07) is 0. The normalized spacial score (nSPS) is 11.5.